The average Bonchev–Trinajstić information content (AvgIpc) is 2.66. The van der Waals surface area contributed by atoms with Crippen LogP contribution in [0.25, 0.3) is 0 Å². The molecule has 0 atom stereocenters. The number of hydrogen-bond donors (Lipinski definition) is 0. The van der Waals surface area contributed by atoms with Crippen LogP contribution in [0.1, 0.15) is 12.0 Å². The lowest BCUT2D eigenvalue weighted by molar-refractivity contribution is -0.131. The van der Waals surface area contributed by atoms with Crippen LogP contribution in [0.3, 0.4) is 0 Å². The predicted molar refractivity (Wildman–Crippen MR) is 105 cm³/mol. The summed E-state index contributed by atoms with van der Waals surface area (Å²) in [6.07, 6.45) is 2.98. The van der Waals surface area contributed by atoms with Gasteiger partial charge in [-0.1, -0.05) is 23.7 Å². The maximum absolute atomic E-state index is 12.5. The molecule has 0 bridgehead atoms. The van der Waals surface area contributed by atoms with Gasteiger partial charge >= 0.3 is 0 Å². The van der Waals surface area contributed by atoms with Crippen LogP contribution in [-0.2, 0) is 11.2 Å². The van der Waals surface area contributed by atoms with Crippen molar-refractivity contribution in [1.29, 1.82) is 0 Å². The van der Waals surface area contributed by atoms with Crippen molar-refractivity contribution in [1.82, 2.24) is 15.1 Å². The van der Waals surface area contributed by atoms with Gasteiger partial charge in [0.05, 0.1) is 11.9 Å². The number of carbonyl (C=O) groups excluding carboxylic acids is 1. The van der Waals surface area contributed by atoms with Crippen molar-refractivity contribution in [2.24, 2.45) is 0 Å². The molecule has 1 aromatic carbocycles. The van der Waals surface area contributed by atoms with Gasteiger partial charge in [0.15, 0.2) is 5.82 Å². The first-order valence-corrected chi connectivity index (χ1v) is 9.18. The van der Waals surface area contributed by atoms with Crippen LogP contribution in [0.5, 0.6) is 0 Å². The van der Waals surface area contributed by atoms with Gasteiger partial charge in [-0.2, -0.15) is 5.10 Å². The molecule has 7 heteroatoms. The minimum absolute atomic E-state index is 0.192. The Morgan fingerprint density at radius 3 is 2.65 bits per heavy atom. The highest BCUT2D eigenvalue weighted by atomic mass is 35.5. The van der Waals surface area contributed by atoms with Gasteiger partial charge in [-0.25, -0.2) is 0 Å². The number of benzene rings is 1. The molecule has 0 radical (unpaired) electrons. The third-order valence-electron chi connectivity index (χ3n) is 4.62. The fourth-order valence-electron chi connectivity index (χ4n) is 3.03. The lowest BCUT2D eigenvalue weighted by Crippen LogP contribution is -2.49. The summed E-state index contributed by atoms with van der Waals surface area (Å²) in [5.74, 6) is 1.06. The molecular weight excluding hydrogens is 350 g/mol. The van der Waals surface area contributed by atoms with E-state index in [2.05, 4.69) is 15.1 Å². The van der Waals surface area contributed by atoms with E-state index >= 15 is 0 Å². The van der Waals surface area contributed by atoms with Crippen LogP contribution < -0.4 is 9.80 Å². The monoisotopic (exact) mass is 373 g/mol. The molecule has 26 heavy (non-hydrogen) atoms. The van der Waals surface area contributed by atoms with E-state index in [9.17, 15) is 4.79 Å². The van der Waals surface area contributed by atoms with Crippen LogP contribution in [0, 0.1) is 0 Å². The van der Waals surface area contributed by atoms with Crippen molar-refractivity contribution >= 4 is 29.0 Å². The highest BCUT2D eigenvalue weighted by molar-refractivity contribution is 6.30. The highest BCUT2D eigenvalue weighted by Crippen LogP contribution is 2.19. The zero-order chi connectivity index (χ0) is 18.5. The summed E-state index contributed by atoms with van der Waals surface area (Å²) in [6.45, 7) is 2.97. The van der Waals surface area contributed by atoms with Gasteiger partial charge in [0, 0.05) is 57.8 Å². The first-order chi connectivity index (χ1) is 12.5. The average molecular weight is 374 g/mol. The van der Waals surface area contributed by atoms with Crippen LogP contribution in [0.2, 0.25) is 5.02 Å². The minimum Gasteiger partial charge on any atom is -0.376 e. The Morgan fingerprint density at radius 2 is 1.96 bits per heavy atom. The summed E-state index contributed by atoms with van der Waals surface area (Å²) < 4.78 is 0. The molecule has 0 N–H and O–H groups in total. The molecule has 3 rings (SSSR count). The summed E-state index contributed by atoms with van der Waals surface area (Å²) in [4.78, 5) is 18.6. The molecule has 1 aliphatic heterocycles. The minimum atomic E-state index is 0.192. The van der Waals surface area contributed by atoms with Crippen LogP contribution in [0.15, 0.2) is 36.5 Å². The summed E-state index contributed by atoms with van der Waals surface area (Å²) in [7, 11) is 3.97. The van der Waals surface area contributed by atoms with Crippen molar-refractivity contribution in [2.75, 3.05) is 50.1 Å². The molecule has 1 amide bonds. The number of aryl methyl sites for hydroxylation is 1. The fraction of sp³-hybridized carbons (Fsp3) is 0.421. The predicted octanol–water partition coefficient (Wildman–Crippen LogP) is 2.48. The van der Waals surface area contributed by atoms with Gasteiger partial charge in [-0.05, 0) is 24.1 Å². The number of rotatable bonds is 5. The van der Waals surface area contributed by atoms with Crippen LogP contribution in [-0.4, -0.2) is 61.3 Å². The Morgan fingerprint density at radius 1 is 1.19 bits per heavy atom. The lowest BCUT2D eigenvalue weighted by Gasteiger charge is -2.35. The molecule has 138 valence electrons. The zero-order valence-corrected chi connectivity index (χ0v) is 16.0. The van der Waals surface area contributed by atoms with Gasteiger partial charge in [-0.3, -0.25) is 4.79 Å². The smallest absolute Gasteiger partial charge is 0.223 e. The number of carbonyl (C=O) groups is 1. The second kappa shape index (κ2) is 8.36. The molecular formula is C19H24ClN5O. The van der Waals surface area contributed by atoms with Crippen molar-refractivity contribution in [3.05, 3.63) is 47.1 Å². The van der Waals surface area contributed by atoms with Gasteiger partial charge in [0.2, 0.25) is 5.91 Å². The summed E-state index contributed by atoms with van der Waals surface area (Å²) in [5.41, 5.74) is 2.12. The number of hydrogen-bond acceptors (Lipinski definition) is 5. The maximum Gasteiger partial charge on any atom is 0.223 e. The summed E-state index contributed by atoms with van der Waals surface area (Å²) in [5, 5.41) is 9.03. The summed E-state index contributed by atoms with van der Waals surface area (Å²) >= 11 is 6.00. The molecule has 0 unspecified atom stereocenters. The molecule has 1 aromatic heterocycles. The Hall–Kier alpha value is -2.34. The largest absolute Gasteiger partial charge is 0.376 e. The van der Waals surface area contributed by atoms with E-state index in [1.165, 1.54) is 0 Å². The van der Waals surface area contributed by atoms with Crippen molar-refractivity contribution in [3.8, 4) is 0 Å². The van der Waals surface area contributed by atoms with Crippen LogP contribution in [0.4, 0.5) is 11.5 Å². The third kappa shape index (κ3) is 4.64. The standard InChI is InChI=1S/C19H24ClN5O/c1-23(2)17-13-18(22-21-14-17)24-8-10-25(11-9-24)19(26)7-6-15-4-3-5-16(20)12-15/h3-5,12-14H,6-11H2,1-2H3. The van der Waals surface area contributed by atoms with Crippen molar-refractivity contribution < 1.29 is 4.79 Å². The van der Waals surface area contributed by atoms with E-state index in [0.29, 0.717) is 24.5 Å². The van der Waals surface area contributed by atoms with Gasteiger partial charge < -0.3 is 14.7 Å². The van der Waals surface area contributed by atoms with E-state index in [0.717, 1.165) is 36.6 Å². The normalized spacial score (nSPS) is 14.4. The van der Waals surface area contributed by atoms with E-state index in [1.807, 2.05) is 54.2 Å². The quantitative estimate of drug-likeness (QED) is 0.805. The van der Waals surface area contributed by atoms with E-state index < -0.39 is 0 Å². The molecule has 0 spiro atoms. The number of piperazine rings is 1. The third-order valence-corrected chi connectivity index (χ3v) is 4.85. The fourth-order valence-corrected chi connectivity index (χ4v) is 3.24. The van der Waals surface area contributed by atoms with E-state index in [4.69, 9.17) is 11.6 Å². The number of aromatic nitrogens is 2. The second-order valence-corrected chi connectivity index (χ2v) is 7.10. The Labute approximate surface area is 159 Å². The molecule has 0 saturated carbocycles. The van der Waals surface area contributed by atoms with Crippen molar-refractivity contribution in [2.45, 2.75) is 12.8 Å². The number of nitrogens with zero attached hydrogens (tertiary/aromatic N) is 5. The molecule has 6 nitrogen and oxygen atoms in total. The molecule has 1 aliphatic rings. The SMILES string of the molecule is CN(C)c1cnnc(N2CCN(C(=O)CCc3cccc(Cl)c3)CC2)c1. The Bertz CT molecular complexity index is 759. The molecule has 1 fully saturated rings. The Kier molecular flexibility index (Phi) is 5.93. The first-order valence-electron chi connectivity index (χ1n) is 8.80. The summed E-state index contributed by atoms with van der Waals surface area (Å²) in [6, 6.07) is 9.73. The van der Waals surface area contributed by atoms with Crippen LogP contribution >= 0.6 is 11.6 Å². The number of amides is 1. The van der Waals surface area contributed by atoms with Gasteiger partial charge in [0.25, 0.3) is 0 Å². The molecule has 2 heterocycles. The molecule has 2 aromatic rings. The second-order valence-electron chi connectivity index (χ2n) is 6.66. The molecule has 1 saturated heterocycles. The number of anilines is 2. The number of halogens is 1. The zero-order valence-electron chi connectivity index (χ0n) is 15.2. The van der Waals surface area contributed by atoms with E-state index in [1.54, 1.807) is 6.20 Å². The molecule has 0 aliphatic carbocycles. The van der Waals surface area contributed by atoms with Gasteiger partial charge in [0.1, 0.15) is 0 Å². The van der Waals surface area contributed by atoms with Gasteiger partial charge in [-0.15, -0.1) is 5.10 Å². The topological polar surface area (TPSA) is 52.6 Å². The maximum atomic E-state index is 12.5. The highest BCUT2D eigenvalue weighted by Gasteiger charge is 2.22. The first kappa shape index (κ1) is 18.5. The van der Waals surface area contributed by atoms with E-state index in [-0.39, 0.29) is 5.91 Å². The Balaban J connectivity index is 1.51. The van der Waals surface area contributed by atoms with Crippen molar-refractivity contribution in [3.63, 3.8) is 0 Å². The lowest BCUT2D eigenvalue weighted by atomic mass is 10.1.